The summed E-state index contributed by atoms with van der Waals surface area (Å²) in [5.41, 5.74) is 5.55. The number of halogens is 5. The van der Waals surface area contributed by atoms with Crippen molar-refractivity contribution in [3.63, 3.8) is 0 Å². The van der Waals surface area contributed by atoms with Crippen LogP contribution in [0.15, 0.2) is 12.1 Å². The molecule has 0 saturated carbocycles. The molecule has 0 amide bonds. The number of nitrogens with two attached hydrogens (primary N) is 1. The lowest BCUT2D eigenvalue weighted by molar-refractivity contribution is -0.0885. The Bertz CT molecular complexity index is 394. The Balaban J connectivity index is 3.24. The van der Waals surface area contributed by atoms with E-state index < -0.39 is 12.0 Å². The van der Waals surface area contributed by atoms with Crippen molar-refractivity contribution in [2.75, 3.05) is 5.73 Å². The highest BCUT2D eigenvalue weighted by Gasteiger charge is 2.39. The second kappa shape index (κ2) is 4.44. The summed E-state index contributed by atoms with van der Waals surface area (Å²) >= 11 is 3.58. The highest BCUT2D eigenvalue weighted by Crippen LogP contribution is 2.27. The summed E-state index contributed by atoms with van der Waals surface area (Å²) in [6.45, 7) is 0. The Morgan fingerprint density at radius 3 is 1.93 bits per heavy atom. The van der Waals surface area contributed by atoms with Crippen LogP contribution in [0, 0.1) is 7.14 Å². The molecule has 15 heavy (non-hydrogen) atoms. The normalized spacial score (nSPS) is 11.5. The molecule has 1 rings (SSSR count). The van der Waals surface area contributed by atoms with Crippen molar-refractivity contribution in [3.05, 3.63) is 24.8 Å². The smallest absolute Gasteiger partial charge is 0.397 e. The van der Waals surface area contributed by atoms with Gasteiger partial charge in [-0.2, -0.15) is 13.2 Å². The average Bonchev–Trinajstić information content (AvgIpc) is 2.10. The number of nitrogen functional groups attached to an aromatic ring is 1. The molecular weight excluding hydrogens is 437 g/mol. The van der Waals surface area contributed by atoms with Gasteiger partial charge in [0.1, 0.15) is 0 Å². The largest absolute Gasteiger partial charge is 0.454 e. The third kappa shape index (κ3) is 2.95. The monoisotopic (exact) mass is 441 g/mol. The summed E-state index contributed by atoms with van der Waals surface area (Å²) in [6.07, 6.45) is -4.84. The van der Waals surface area contributed by atoms with Crippen molar-refractivity contribution < 1.29 is 18.0 Å². The van der Waals surface area contributed by atoms with Gasteiger partial charge in [0.2, 0.25) is 0 Å². The maximum atomic E-state index is 12.1. The van der Waals surface area contributed by atoms with Gasteiger partial charge in [-0.05, 0) is 57.3 Å². The Hall–Kier alpha value is -0.0600. The summed E-state index contributed by atoms with van der Waals surface area (Å²) in [6, 6.07) is 2.27. The van der Waals surface area contributed by atoms with E-state index in [9.17, 15) is 18.0 Å². The van der Waals surface area contributed by atoms with Gasteiger partial charge < -0.3 is 5.73 Å². The van der Waals surface area contributed by atoms with E-state index in [0.29, 0.717) is 12.8 Å². The first kappa shape index (κ1) is 13.0. The van der Waals surface area contributed by atoms with Crippen molar-refractivity contribution in [2.24, 2.45) is 0 Å². The number of hydrogen-bond donors (Lipinski definition) is 1. The first-order chi connectivity index (χ1) is 6.73. The minimum Gasteiger partial charge on any atom is -0.397 e. The molecule has 0 atom stereocenters. The van der Waals surface area contributed by atoms with E-state index in [0.717, 1.165) is 12.1 Å². The van der Waals surface area contributed by atoms with Gasteiger partial charge in [-0.15, -0.1) is 0 Å². The Labute approximate surface area is 111 Å². The molecule has 0 fully saturated rings. The molecule has 0 spiro atoms. The molecule has 0 aliphatic carbocycles. The summed E-state index contributed by atoms with van der Waals surface area (Å²) in [4.78, 5) is 10.9. The molecular formula is C8H4F3I2NO. The molecule has 82 valence electrons. The molecule has 2 N–H and O–H groups in total. The fourth-order valence-electron chi connectivity index (χ4n) is 0.879. The number of benzene rings is 1. The van der Waals surface area contributed by atoms with Crippen LogP contribution in [0.5, 0.6) is 0 Å². The van der Waals surface area contributed by atoms with E-state index in [1.165, 1.54) is 0 Å². The van der Waals surface area contributed by atoms with Crippen molar-refractivity contribution in [2.45, 2.75) is 6.18 Å². The Morgan fingerprint density at radius 1 is 1.20 bits per heavy atom. The van der Waals surface area contributed by atoms with Crippen LogP contribution in [-0.4, -0.2) is 12.0 Å². The van der Waals surface area contributed by atoms with Crippen molar-refractivity contribution in [1.82, 2.24) is 0 Å². The number of Topliss-reactive ketones (excluding diaryl/α,β-unsaturated/α-hetero) is 1. The fourth-order valence-corrected chi connectivity index (χ4v) is 2.65. The van der Waals surface area contributed by atoms with Gasteiger partial charge in [-0.25, -0.2) is 0 Å². The molecule has 2 nitrogen and oxygen atoms in total. The van der Waals surface area contributed by atoms with Gasteiger partial charge in [0.15, 0.2) is 0 Å². The quantitative estimate of drug-likeness (QED) is 0.414. The van der Waals surface area contributed by atoms with Gasteiger partial charge in [0.25, 0.3) is 5.78 Å². The topological polar surface area (TPSA) is 43.1 Å². The second-order valence-electron chi connectivity index (χ2n) is 2.68. The van der Waals surface area contributed by atoms with Crippen LogP contribution in [-0.2, 0) is 0 Å². The molecule has 0 radical (unpaired) electrons. The minimum absolute atomic E-state index is 0.384. The Kier molecular flexibility index (Phi) is 3.85. The summed E-state index contributed by atoms with van der Waals surface area (Å²) < 4.78 is 37.2. The van der Waals surface area contributed by atoms with E-state index in [-0.39, 0.29) is 5.56 Å². The molecule has 0 heterocycles. The number of carbonyl (C=O) groups is 1. The first-order valence-corrected chi connectivity index (χ1v) is 5.75. The third-order valence-corrected chi connectivity index (χ3v) is 3.38. The van der Waals surface area contributed by atoms with Crippen LogP contribution in [0.1, 0.15) is 10.4 Å². The molecule has 7 heteroatoms. The van der Waals surface area contributed by atoms with Crippen LogP contribution < -0.4 is 5.73 Å². The molecule has 0 aliphatic rings. The lowest BCUT2D eigenvalue weighted by Crippen LogP contribution is -2.23. The minimum atomic E-state index is -4.84. The molecule has 0 bridgehead atoms. The number of alkyl halides is 3. The van der Waals surface area contributed by atoms with E-state index >= 15 is 0 Å². The van der Waals surface area contributed by atoms with Gasteiger partial charge in [0.05, 0.1) is 5.69 Å². The lowest BCUT2D eigenvalue weighted by Gasteiger charge is -2.08. The zero-order chi connectivity index (χ0) is 11.8. The first-order valence-electron chi connectivity index (χ1n) is 3.59. The lowest BCUT2D eigenvalue weighted by atomic mass is 10.1. The van der Waals surface area contributed by atoms with E-state index in [1.807, 2.05) is 0 Å². The van der Waals surface area contributed by atoms with Crippen molar-refractivity contribution in [1.29, 1.82) is 0 Å². The summed E-state index contributed by atoms with van der Waals surface area (Å²) in [5, 5.41) is 0. The molecule has 1 aromatic rings. The van der Waals surface area contributed by atoms with Crippen LogP contribution in [0.4, 0.5) is 18.9 Å². The maximum Gasteiger partial charge on any atom is 0.454 e. The standard InChI is InChI=1S/C8H4F3I2NO/c9-8(10,11)7(15)3-1-4(12)6(14)5(13)2-3/h1-2H,14H2. The third-order valence-electron chi connectivity index (χ3n) is 1.60. The predicted octanol–water partition coefficient (Wildman–Crippen LogP) is 3.22. The van der Waals surface area contributed by atoms with E-state index in [1.54, 1.807) is 45.2 Å². The zero-order valence-electron chi connectivity index (χ0n) is 7.03. The summed E-state index contributed by atoms with van der Waals surface area (Å²) in [7, 11) is 0. The molecule has 0 unspecified atom stereocenters. The number of rotatable bonds is 1. The predicted molar refractivity (Wildman–Crippen MR) is 66.7 cm³/mol. The van der Waals surface area contributed by atoms with Gasteiger partial charge in [-0.3, -0.25) is 4.79 Å². The van der Waals surface area contributed by atoms with Crippen LogP contribution in [0.25, 0.3) is 0 Å². The van der Waals surface area contributed by atoms with Crippen molar-refractivity contribution in [3.8, 4) is 0 Å². The zero-order valence-corrected chi connectivity index (χ0v) is 11.3. The molecule has 0 aliphatic heterocycles. The van der Waals surface area contributed by atoms with E-state index in [4.69, 9.17) is 5.73 Å². The van der Waals surface area contributed by atoms with Gasteiger partial charge in [0, 0.05) is 12.7 Å². The van der Waals surface area contributed by atoms with Crippen LogP contribution in [0.2, 0.25) is 0 Å². The number of ketones is 1. The molecule has 0 saturated heterocycles. The average molecular weight is 441 g/mol. The maximum absolute atomic E-state index is 12.1. The van der Waals surface area contributed by atoms with E-state index in [2.05, 4.69) is 0 Å². The summed E-state index contributed by atoms with van der Waals surface area (Å²) in [5.74, 6) is -1.85. The SMILES string of the molecule is Nc1c(I)cc(C(=O)C(F)(F)F)cc1I. The number of hydrogen-bond acceptors (Lipinski definition) is 2. The molecule has 0 aromatic heterocycles. The highest BCUT2D eigenvalue weighted by molar-refractivity contribution is 14.1. The fraction of sp³-hybridized carbons (Fsp3) is 0.125. The highest BCUT2D eigenvalue weighted by atomic mass is 127. The van der Waals surface area contributed by atoms with Gasteiger partial charge in [-0.1, -0.05) is 0 Å². The Morgan fingerprint density at radius 2 is 1.60 bits per heavy atom. The second-order valence-corrected chi connectivity index (χ2v) is 5.00. The number of carbonyl (C=O) groups excluding carboxylic acids is 1. The van der Waals surface area contributed by atoms with Crippen LogP contribution in [0.3, 0.4) is 0 Å². The molecule has 1 aromatic carbocycles. The van der Waals surface area contributed by atoms with Gasteiger partial charge >= 0.3 is 6.18 Å². The van der Waals surface area contributed by atoms with Crippen molar-refractivity contribution >= 4 is 56.7 Å². The number of anilines is 1. The van der Waals surface area contributed by atoms with Crippen LogP contribution >= 0.6 is 45.2 Å².